The van der Waals surface area contributed by atoms with Gasteiger partial charge in [-0.1, -0.05) is 90.2 Å². The third kappa shape index (κ3) is 9.50. The first-order valence-corrected chi connectivity index (χ1v) is 9.03. The zero-order valence-corrected chi connectivity index (χ0v) is 14.3. The summed E-state index contributed by atoms with van der Waals surface area (Å²) in [5, 5.41) is 3.29. The van der Waals surface area contributed by atoms with E-state index in [1.807, 2.05) is 0 Å². The van der Waals surface area contributed by atoms with Gasteiger partial charge in [0.25, 0.3) is 0 Å². The lowest BCUT2D eigenvalue weighted by Crippen LogP contribution is -2.24. The van der Waals surface area contributed by atoms with Gasteiger partial charge >= 0.3 is 0 Å². The lowest BCUT2D eigenvalue weighted by atomic mass is 9.74. The molecule has 0 heterocycles. The van der Waals surface area contributed by atoms with Crippen molar-refractivity contribution in [1.82, 2.24) is 0 Å². The fourth-order valence-corrected chi connectivity index (χ4v) is 3.13. The smallest absolute Gasteiger partial charge is 0.0867 e. The lowest BCUT2D eigenvalue weighted by molar-refractivity contribution is 0.208. The summed E-state index contributed by atoms with van der Waals surface area (Å²) in [5.74, 6) is 0. The van der Waals surface area contributed by atoms with Crippen LogP contribution in [0.4, 0.5) is 0 Å². The van der Waals surface area contributed by atoms with E-state index in [9.17, 15) is 4.91 Å². The monoisotopic (exact) mass is 283 g/mol. The summed E-state index contributed by atoms with van der Waals surface area (Å²) in [5.41, 5.74) is 0.221. The molecule has 0 aliphatic heterocycles. The third-order valence-corrected chi connectivity index (χ3v) is 4.58. The fourth-order valence-electron chi connectivity index (χ4n) is 3.13. The van der Waals surface area contributed by atoms with E-state index in [0.717, 1.165) is 0 Å². The van der Waals surface area contributed by atoms with Crippen molar-refractivity contribution in [1.29, 1.82) is 0 Å². The summed E-state index contributed by atoms with van der Waals surface area (Å²) < 4.78 is 0. The zero-order chi connectivity index (χ0) is 15.1. The van der Waals surface area contributed by atoms with E-state index in [-0.39, 0.29) is 5.41 Å². The second-order valence-corrected chi connectivity index (χ2v) is 6.51. The predicted octanol–water partition coefficient (Wildman–Crippen LogP) is 6.87. The van der Waals surface area contributed by atoms with Crippen molar-refractivity contribution in [2.24, 2.45) is 10.6 Å². The van der Waals surface area contributed by atoms with E-state index in [1.165, 1.54) is 83.5 Å². The molecule has 0 spiro atoms. The van der Waals surface area contributed by atoms with Crippen LogP contribution in [0.15, 0.2) is 5.18 Å². The molecule has 0 saturated heterocycles. The highest BCUT2D eigenvalue weighted by atomic mass is 16.3. The second-order valence-electron chi connectivity index (χ2n) is 6.51. The van der Waals surface area contributed by atoms with E-state index in [0.29, 0.717) is 6.54 Å². The van der Waals surface area contributed by atoms with Gasteiger partial charge in [0.1, 0.15) is 0 Å². The van der Waals surface area contributed by atoms with Gasteiger partial charge in [0, 0.05) is 0 Å². The molecule has 0 radical (unpaired) electrons. The molecule has 2 nitrogen and oxygen atoms in total. The summed E-state index contributed by atoms with van der Waals surface area (Å²) in [6.45, 7) is 7.28. The quantitative estimate of drug-likeness (QED) is 0.238. The summed E-state index contributed by atoms with van der Waals surface area (Å²) in [6.07, 6.45) is 16.6. The van der Waals surface area contributed by atoms with Gasteiger partial charge in [-0.3, -0.25) is 0 Å². The number of nitrogens with zero attached hydrogens (tertiary/aromatic N) is 1. The largest absolute Gasteiger partial charge is 0.151 e. The molecule has 0 aliphatic carbocycles. The molecule has 0 aromatic rings. The fraction of sp³-hybridized carbons (Fsp3) is 1.00. The van der Waals surface area contributed by atoms with Crippen molar-refractivity contribution in [2.45, 2.75) is 104 Å². The van der Waals surface area contributed by atoms with Crippen molar-refractivity contribution in [3.63, 3.8) is 0 Å². The first-order valence-electron chi connectivity index (χ1n) is 9.03. The Bertz CT molecular complexity index is 207. The van der Waals surface area contributed by atoms with Crippen LogP contribution in [0.5, 0.6) is 0 Å². The van der Waals surface area contributed by atoms with Crippen molar-refractivity contribution in [3.8, 4) is 0 Å². The number of rotatable bonds is 15. The maximum atomic E-state index is 10.9. The minimum Gasteiger partial charge on any atom is -0.151 e. The van der Waals surface area contributed by atoms with E-state index < -0.39 is 0 Å². The number of unbranched alkanes of at least 4 members (excludes halogenated alkanes) is 7. The molecule has 0 rings (SSSR count). The molecule has 0 saturated carbocycles. The topological polar surface area (TPSA) is 29.4 Å². The van der Waals surface area contributed by atoms with Crippen LogP contribution in [0, 0.1) is 10.3 Å². The Hall–Kier alpha value is -0.400. The van der Waals surface area contributed by atoms with Gasteiger partial charge in [-0.2, -0.15) is 4.91 Å². The van der Waals surface area contributed by atoms with Gasteiger partial charge in [0.05, 0.1) is 6.54 Å². The molecule has 0 aromatic carbocycles. The van der Waals surface area contributed by atoms with Crippen LogP contribution in [0.1, 0.15) is 104 Å². The Labute approximate surface area is 127 Å². The summed E-state index contributed by atoms with van der Waals surface area (Å²) in [6, 6.07) is 0. The summed E-state index contributed by atoms with van der Waals surface area (Å²) >= 11 is 0. The third-order valence-electron chi connectivity index (χ3n) is 4.58. The van der Waals surface area contributed by atoms with Crippen LogP contribution in [-0.2, 0) is 0 Å². The Morgan fingerprint density at radius 1 is 0.650 bits per heavy atom. The minimum absolute atomic E-state index is 0.221. The van der Waals surface area contributed by atoms with E-state index >= 15 is 0 Å². The molecule has 0 fully saturated rings. The first-order chi connectivity index (χ1) is 9.74. The second kappa shape index (κ2) is 13.6. The highest BCUT2D eigenvalue weighted by Crippen LogP contribution is 2.37. The Morgan fingerprint density at radius 3 is 1.60 bits per heavy atom. The van der Waals surface area contributed by atoms with Crippen LogP contribution < -0.4 is 0 Å². The minimum atomic E-state index is 0.221. The Kier molecular flexibility index (Phi) is 13.3. The Balaban J connectivity index is 4.20. The first kappa shape index (κ1) is 19.6. The van der Waals surface area contributed by atoms with Crippen LogP contribution in [0.3, 0.4) is 0 Å². The van der Waals surface area contributed by atoms with Gasteiger partial charge in [0.2, 0.25) is 0 Å². The number of nitroso groups, excluding NO2 is 1. The standard InChI is InChI=1S/C18H37NO/c1-4-7-10-11-12-13-16-18(17-19-20,14-8-5-2)15-9-6-3/h4-17H2,1-3H3. The SMILES string of the molecule is CCCCCCCCC(CCCC)(CCCC)CN=O. The van der Waals surface area contributed by atoms with E-state index in [4.69, 9.17) is 0 Å². The maximum Gasteiger partial charge on any atom is 0.0867 e. The van der Waals surface area contributed by atoms with Crippen molar-refractivity contribution >= 4 is 0 Å². The molecule has 0 aliphatic rings. The Morgan fingerprint density at radius 2 is 1.10 bits per heavy atom. The number of hydrogen-bond acceptors (Lipinski definition) is 2. The molecule has 2 heteroatoms. The highest BCUT2D eigenvalue weighted by Gasteiger charge is 2.28. The van der Waals surface area contributed by atoms with Crippen molar-refractivity contribution < 1.29 is 0 Å². The molecular formula is C18H37NO. The van der Waals surface area contributed by atoms with Crippen LogP contribution >= 0.6 is 0 Å². The maximum absolute atomic E-state index is 10.9. The molecule has 0 N–H and O–H groups in total. The summed E-state index contributed by atoms with van der Waals surface area (Å²) in [4.78, 5) is 10.9. The van der Waals surface area contributed by atoms with Crippen LogP contribution in [-0.4, -0.2) is 6.54 Å². The molecule has 0 amide bonds. The molecule has 0 unspecified atom stereocenters. The van der Waals surface area contributed by atoms with Crippen LogP contribution in [0.2, 0.25) is 0 Å². The van der Waals surface area contributed by atoms with Crippen molar-refractivity contribution in [3.05, 3.63) is 4.91 Å². The predicted molar refractivity (Wildman–Crippen MR) is 90.1 cm³/mol. The normalized spacial score (nSPS) is 11.8. The molecular weight excluding hydrogens is 246 g/mol. The van der Waals surface area contributed by atoms with Crippen molar-refractivity contribution in [2.75, 3.05) is 6.54 Å². The van der Waals surface area contributed by atoms with Gasteiger partial charge in [-0.25, -0.2) is 0 Å². The van der Waals surface area contributed by atoms with Crippen LogP contribution in [0.25, 0.3) is 0 Å². The lowest BCUT2D eigenvalue weighted by Gasteiger charge is -2.31. The average molecular weight is 283 g/mol. The van der Waals surface area contributed by atoms with E-state index in [2.05, 4.69) is 25.9 Å². The molecule has 0 atom stereocenters. The molecule has 20 heavy (non-hydrogen) atoms. The average Bonchev–Trinajstić information content (AvgIpc) is 2.46. The molecule has 120 valence electrons. The molecule has 0 aromatic heterocycles. The van der Waals surface area contributed by atoms with Gasteiger partial charge in [-0.05, 0) is 24.7 Å². The highest BCUT2D eigenvalue weighted by molar-refractivity contribution is 4.81. The van der Waals surface area contributed by atoms with Gasteiger partial charge in [-0.15, -0.1) is 0 Å². The van der Waals surface area contributed by atoms with E-state index in [1.54, 1.807) is 0 Å². The zero-order valence-electron chi connectivity index (χ0n) is 14.3. The summed E-state index contributed by atoms with van der Waals surface area (Å²) in [7, 11) is 0. The number of hydrogen-bond donors (Lipinski definition) is 0. The van der Waals surface area contributed by atoms with Gasteiger partial charge < -0.3 is 0 Å². The van der Waals surface area contributed by atoms with Gasteiger partial charge in [0.15, 0.2) is 0 Å². The molecule has 0 bridgehead atoms.